The summed E-state index contributed by atoms with van der Waals surface area (Å²) in [4.78, 5) is 25.3. The fourth-order valence-electron chi connectivity index (χ4n) is 2.95. The maximum atomic E-state index is 12.6. The molecule has 0 heterocycles. The number of carbonyl (C=O) groups is 2. The fraction of sp³-hybridized carbons (Fsp3) is 0.364. The van der Waals surface area contributed by atoms with Crippen LogP contribution >= 0.6 is 11.6 Å². The Bertz CT molecular complexity index is 1050. The highest BCUT2D eigenvalue weighted by Gasteiger charge is 2.25. The van der Waals surface area contributed by atoms with Crippen molar-refractivity contribution < 1.29 is 18.0 Å². The summed E-state index contributed by atoms with van der Waals surface area (Å²) in [6.45, 7) is 7.26. The Morgan fingerprint density at radius 3 is 2.35 bits per heavy atom. The minimum Gasteiger partial charge on any atom is -0.353 e. The van der Waals surface area contributed by atoms with Gasteiger partial charge in [-0.1, -0.05) is 49.7 Å². The van der Waals surface area contributed by atoms with Gasteiger partial charge in [-0.15, -0.1) is 0 Å². The summed E-state index contributed by atoms with van der Waals surface area (Å²) >= 11 is 6.05. The minimum absolute atomic E-state index is 0.0186. The number of hydrogen-bond acceptors (Lipinski definition) is 4. The van der Waals surface area contributed by atoms with E-state index < -0.39 is 27.9 Å². The predicted molar refractivity (Wildman–Crippen MR) is 122 cm³/mol. The third-order valence-corrected chi connectivity index (χ3v) is 6.64. The molecule has 0 aliphatic carbocycles. The molecule has 2 rings (SSSR count). The Morgan fingerprint density at radius 2 is 1.71 bits per heavy atom. The van der Waals surface area contributed by atoms with Gasteiger partial charge in [-0.05, 0) is 49.1 Å². The van der Waals surface area contributed by atoms with Crippen LogP contribution in [0.2, 0.25) is 5.02 Å². The van der Waals surface area contributed by atoms with Crippen LogP contribution in [0.3, 0.4) is 0 Å². The van der Waals surface area contributed by atoms with E-state index >= 15 is 0 Å². The highest BCUT2D eigenvalue weighted by Crippen LogP contribution is 2.17. The lowest BCUT2D eigenvalue weighted by Crippen LogP contribution is -2.50. The first-order chi connectivity index (χ1) is 14.5. The van der Waals surface area contributed by atoms with Crippen molar-refractivity contribution in [3.8, 4) is 0 Å². The van der Waals surface area contributed by atoms with E-state index in [0.29, 0.717) is 10.6 Å². The van der Waals surface area contributed by atoms with Crippen LogP contribution in [0.5, 0.6) is 0 Å². The zero-order valence-corrected chi connectivity index (χ0v) is 19.6. The first kappa shape index (κ1) is 24.8. The van der Waals surface area contributed by atoms with Gasteiger partial charge in [0.15, 0.2) is 0 Å². The number of aryl methyl sites for hydroxylation is 2. The average Bonchev–Trinajstić information content (AvgIpc) is 2.70. The molecule has 9 heteroatoms. The summed E-state index contributed by atoms with van der Waals surface area (Å²) in [5.74, 6) is -1.03. The van der Waals surface area contributed by atoms with Crippen LogP contribution in [0.15, 0.2) is 47.4 Å². The third kappa shape index (κ3) is 6.78. The first-order valence-electron chi connectivity index (χ1n) is 9.93. The van der Waals surface area contributed by atoms with Crippen LogP contribution in [0.25, 0.3) is 0 Å². The molecule has 2 amide bonds. The van der Waals surface area contributed by atoms with Crippen LogP contribution in [-0.2, 0) is 14.8 Å². The molecule has 0 saturated carbocycles. The lowest BCUT2D eigenvalue weighted by atomic mass is 10.0. The van der Waals surface area contributed by atoms with Crippen molar-refractivity contribution >= 4 is 33.4 Å². The van der Waals surface area contributed by atoms with E-state index in [4.69, 9.17) is 11.6 Å². The smallest absolute Gasteiger partial charge is 0.253 e. The maximum absolute atomic E-state index is 12.6. The van der Waals surface area contributed by atoms with Gasteiger partial charge in [0.1, 0.15) is 6.04 Å². The van der Waals surface area contributed by atoms with Gasteiger partial charge in [0, 0.05) is 13.1 Å². The first-order valence-corrected chi connectivity index (χ1v) is 11.8. The lowest BCUT2D eigenvalue weighted by Gasteiger charge is -2.22. The summed E-state index contributed by atoms with van der Waals surface area (Å²) in [5, 5.41) is 5.66. The third-order valence-electron chi connectivity index (χ3n) is 4.70. The zero-order valence-electron chi connectivity index (χ0n) is 18.0. The van der Waals surface area contributed by atoms with Crippen LogP contribution in [0.1, 0.15) is 35.3 Å². The summed E-state index contributed by atoms with van der Waals surface area (Å²) in [6.07, 6.45) is 0. The molecule has 0 saturated heterocycles. The summed E-state index contributed by atoms with van der Waals surface area (Å²) in [6, 6.07) is 11.0. The van der Waals surface area contributed by atoms with Crippen molar-refractivity contribution in [2.45, 2.75) is 38.6 Å². The summed E-state index contributed by atoms with van der Waals surface area (Å²) < 4.78 is 27.6. The van der Waals surface area contributed by atoms with Crippen molar-refractivity contribution in [1.29, 1.82) is 0 Å². The second-order valence-corrected chi connectivity index (χ2v) is 9.78. The number of benzene rings is 2. The molecule has 0 radical (unpaired) electrons. The Balaban J connectivity index is 1.94. The van der Waals surface area contributed by atoms with E-state index in [9.17, 15) is 18.0 Å². The molecule has 1 unspecified atom stereocenters. The monoisotopic (exact) mass is 465 g/mol. The quantitative estimate of drug-likeness (QED) is 0.495. The van der Waals surface area contributed by atoms with Crippen LogP contribution in [0, 0.1) is 19.8 Å². The number of hydrogen-bond donors (Lipinski definition) is 3. The zero-order chi connectivity index (χ0) is 23.2. The van der Waals surface area contributed by atoms with Gasteiger partial charge in [0.25, 0.3) is 5.91 Å². The second-order valence-electron chi connectivity index (χ2n) is 7.63. The normalized spacial score (nSPS) is 12.5. The number of sulfonamides is 1. The predicted octanol–water partition coefficient (Wildman–Crippen LogP) is 2.81. The van der Waals surface area contributed by atoms with Crippen LogP contribution < -0.4 is 15.4 Å². The van der Waals surface area contributed by atoms with E-state index in [1.54, 1.807) is 57.2 Å². The van der Waals surface area contributed by atoms with E-state index in [2.05, 4.69) is 15.4 Å². The second kappa shape index (κ2) is 10.7. The van der Waals surface area contributed by atoms with Crippen molar-refractivity contribution in [3.63, 3.8) is 0 Å². The number of carbonyl (C=O) groups excluding carboxylic acids is 2. The Morgan fingerprint density at radius 1 is 1.03 bits per heavy atom. The largest absolute Gasteiger partial charge is 0.353 e. The number of amides is 2. The minimum atomic E-state index is -3.69. The van der Waals surface area contributed by atoms with Gasteiger partial charge in [-0.2, -0.15) is 0 Å². The highest BCUT2D eigenvalue weighted by atomic mass is 35.5. The van der Waals surface area contributed by atoms with Crippen molar-refractivity contribution in [2.24, 2.45) is 5.92 Å². The SMILES string of the molecule is Cc1ccc(C)c(S(=O)(=O)NCCNC(=O)C(NC(=O)c2ccccc2Cl)C(C)C)c1. The van der Waals surface area contributed by atoms with Crippen molar-refractivity contribution in [2.75, 3.05) is 13.1 Å². The Hall–Kier alpha value is -2.42. The fourth-order valence-corrected chi connectivity index (χ4v) is 4.54. The summed E-state index contributed by atoms with van der Waals surface area (Å²) in [5.41, 5.74) is 1.77. The molecule has 0 bridgehead atoms. The molecule has 0 aliphatic rings. The maximum Gasteiger partial charge on any atom is 0.253 e. The molecule has 0 aromatic heterocycles. The topological polar surface area (TPSA) is 104 Å². The van der Waals surface area contributed by atoms with Gasteiger partial charge < -0.3 is 10.6 Å². The molecule has 0 aliphatic heterocycles. The molecule has 168 valence electrons. The summed E-state index contributed by atoms with van der Waals surface area (Å²) in [7, 11) is -3.69. The highest BCUT2D eigenvalue weighted by molar-refractivity contribution is 7.89. The van der Waals surface area contributed by atoms with Gasteiger partial charge in [0.2, 0.25) is 15.9 Å². The molecule has 1 atom stereocenters. The number of halogens is 1. The molecule has 31 heavy (non-hydrogen) atoms. The van der Waals surface area contributed by atoms with Gasteiger partial charge in [-0.25, -0.2) is 13.1 Å². The standard InChI is InChI=1S/C22H28ClN3O4S/c1-14(2)20(26-21(27)17-7-5-6-8-18(17)23)22(28)24-11-12-25-31(29,30)19-13-15(3)9-10-16(19)4/h5-10,13-14,20,25H,11-12H2,1-4H3,(H,24,28)(H,26,27). The van der Waals surface area contributed by atoms with Gasteiger partial charge in [0.05, 0.1) is 15.5 Å². The Labute approximate surface area is 188 Å². The van der Waals surface area contributed by atoms with E-state index in [0.717, 1.165) is 5.56 Å². The molecular formula is C22H28ClN3O4S. The number of rotatable bonds is 9. The lowest BCUT2D eigenvalue weighted by molar-refractivity contribution is -0.123. The van der Waals surface area contributed by atoms with E-state index in [-0.39, 0.29) is 29.5 Å². The molecule has 2 aromatic carbocycles. The van der Waals surface area contributed by atoms with Crippen LogP contribution in [0.4, 0.5) is 0 Å². The molecule has 0 fully saturated rings. The van der Waals surface area contributed by atoms with Crippen molar-refractivity contribution in [1.82, 2.24) is 15.4 Å². The molecular weight excluding hydrogens is 438 g/mol. The molecule has 3 N–H and O–H groups in total. The molecule has 0 spiro atoms. The Kier molecular flexibility index (Phi) is 8.61. The van der Waals surface area contributed by atoms with Crippen LogP contribution in [-0.4, -0.2) is 39.4 Å². The molecule has 7 nitrogen and oxygen atoms in total. The van der Waals surface area contributed by atoms with Crippen molar-refractivity contribution in [3.05, 3.63) is 64.2 Å². The van der Waals surface area contributed by atoms with Gasteiger partial charge in [-0.3, -0.25) is 9.59 Å². The number of nitrogens with one attached hydrogen (secondary N) is 3. The van der Waals surface area contributed by atoms with E-state index in [1.165, 1.54) is 0 Å². The van der Waals surface area contributed by atoms with Gasteiger partial charge >= 0.3 is 0 Å². The van der Waals surface area contributed by atoms with E-state index in [1.807, 2.05) is 13.0 Å². The average molecular weight is 466 g/mol. The molecule has 2 aromatic rings.